The van der Waals surface area contributed by atoms with Crippen molar-refractivity contribution < 1.29 is 22.2 Å². The lowest BCUT2D eigenvalue weighted by Gasteiger charge is -2.23. The van der Waals surface area contributed by atoms with Gasteiger partial charge in [0, 0.05) is 5.69 Å². The second-order valence-corrected chi connectivity index (χ2v) is 7.55. The lowest BCUT2D eigenvalue weighted by Crippen LogP contribution is -2.31. The van der Waals surface area contributed by atoms with E-state index in [-0.39, 0.29) is 24.6 Å². The molecule has 0 aliphatic heterocycles. The van der Waals surface area contributed by atoms with E-state index in [2.05, 4.69) is 0 Å². The molecule has 2 N–H and O–H groups in total. The van der Waals surface area contributed by atoms with Gasteiger partial charge in [-0.05, 0) is 47.5 Å². The molecular weight excluding hydrogens is 395 g/mol. The van der Waals surface area contributed by atoms with Crippen LogP contribution in [0.1, 0.15) is 11.1 Å². The van der Waals surface area contributed by atoms with Crippen LogP contribution in [0.5, 0.6) is 0 Å². The molecule has 6 nitrogen and oxygen atoms in total. The molecule has 29 heavy (non-hydrogen) atoms. The maximum absolute atomic E-state index is 13.5. The maximum Gasteiger partial charge on any atom is 0.357 e. The molecule has 0 spiro atoms. The number of carbonyl (C=O) groups is 1. The first-order chi connectivity index (χ1) is 13.8. The zero-order chi connectivity index (χ0) is 20.9. The molecule has 8 heteroatoms. The second kappa shape index (κ2) is 8.85. The quantitative estimate of drug-likeness (QED) is 0.576. The minimum absolute atomic E-state index is 0.0368. The Balaban J connectivity index is 1.82. The number of nitrogens with zero attached hydrogens (tertiary/aromatic N) is 1. The summed E-state index contributed by atoms with van der Waals surface area (Å²) in [5.41, 5.74) is 2.22. The third-order valence-electron chi connectivity index (χ3n) is 4.15. The molecule has 1 amide bonds. The summed E-state index contributed by atoms with van der Waals surface area (Å²) in [5, 5.41) is 0. The van der Waals surface area contributed by atoms with E-state index < -0.39 is 16.1 Å². The number of para-hydroxylation sites is 1. The molecule has 0 fully saturated rings. The summed E-state index contributed by atoms with van der Waals surface area (Å²) in [4.78, 5) is 14.5. The van der Waals surface area contributed by atoms with Crippen LogP contribution >= 0.6 is 0 Å². The summed E-state index contributed by atoms with van der Waals surface area (Å²) < 4.78 is 46.1. The molecule has 0 heterocycles. The minimum Gasteiger partial charge on any atom is -0.308 e. The van der Waals surface area contributed by atoms with Gasteiger partial charge in [-0.3, -0.25) is 14.1 Å². The van der Waals surface area contributed by atoms with Gasteiger partial charge in [-0.25, -0.2) is 4.39 Å². The van der Waals surface area contributed by atoms with Crippen molar-refractivity contribution in [2.75, 3.05) is 9.62 Å². The van der Waals surface area contributed by atoms with Gasteiger partial charge in [-0.15, -0.1) is 0 Å². The van der Waals surface area contributed by atoms with Crippen LogP contribution in [0.4, 0.5) is 15.8 Å². The Kier molecular flexibility index (Phi) is 6.26. The number of hydrogen-bond acceptors (Lipinski definition) is 3. The predicted molar refractivity (Wildman–Crippen MR) is 109 cm³/mol. The van der Waals surface area contributed by atoms with E-state index in [0.717, 1.165) is 5.56 Å². The number of rotatable bonds is 7. The number of anilines is 2. The normalized spacial score (nSPS) is 11.1. The van der Waals surface area contributed by atoms with Crippen molar-refractivity contribution in [1.29, 1.82) is 0 Å². The molecule has 0 saturated heterocycles. The summed E-state index contributed by atoms with van der Waals surface area (Å²) in [6.45, 7) is 0.240. The Morgan fingerprint density at radius 3 is 2.24 bits per heavy atom. The van der Waals surface area contributed by atoms with Gasteiger partial charge in [0.1, 0.15) is 5.82 Å². The van der Waals surface area contributed by atoms with Gasteiger partial charge in [0.05, 0.1) is 18.7 Å². The van der Waals surface area contributed by atoms with Crippen molar-refractivity contribution in [2.24, 2.45) is 0 Å². The average Bonchev–Trinajstić information content (AvgIpc) is 2.67. The molecule has 0 atom stereocenters. The average molecular weight is 414 g/mol. The number of carbonyl (C=O) groups excluding carboxylic acids is 1. The van der Waals surface area contributed by atoms with Crippen LogP contribution in [0.2, 0.25) is 0 Å². The van der Waals surface area contributed by atoms with Gasteiger partial charge in [-0.1, -0.05) is 42.5 Å². The van der Waals surface area contributed by atoms with Crippen molar-refractivity contribution in [3.63, 3.8) is 0 Å². The molecule has 0 unspecified atom stereocenters. The molecule has 3 aromatic carbocycles. The van der Waals surface area contributed by atoms with Crippen molar-refractivity contribution in [2.45, 2.75) is 13.0 Å². The van der Waals surface area contributed by atoms with E-state index in [1.54, 1.807) is 41.3 Å². The van der Waals surface area contributed by atoms with E-state index in [1.807, 2.05) is 22.9 Å². The van der Waals surface area contributed by atoms with Crippen LogP contribution in [0.15, 0.2) is 78.9 Å². The highest BCUT2D eigenvalue weighted by molar-refractivity contribution is 7.87. The van der Waals surface area contributed by atoms with Gasteiger partial charge in [0.25, 0.3) is 0 Å². The fraction of sp³-hybridized carbons (Fsp3) is 0.0952. The van der Waals surface area contributed by atoms with Crippen LogP contribution in [-0.2, 0) is 28.1 Å². The van der Waals surface area contributed by atoms with E-state index in [4.69, 9.17) is 4.55 Å². The first-order valence-electron chi connectivity index (χ1n) is 8.74. The lowest BCUT2D eigenvalue weighted by molar-refractivity contribution is -0.118. The van der Waals surface area contributed by atoms with Gasteiger partial charge in [-0.2, -0.15) is 8.42 Å². The standard InChI is InChI=1S/C21H19FN2O4S/c22-18-6-4-5-17(13-18)14-21(25)24(20-7-2-1-3-8-20)15-16-9-11-19(12-10-16)23-29(26,27)28/h1-13,23H,14-15H2,(H,26,27,28). The Bertz CT molecular complexity index is 1090. The second-order valence-electron chi connectivity index (χ2n) is 6.40. The Labute approximate surface area is 168 Å². The first-order valence-corrected chi connectivity index (χ1v) is 10.2. The molecule has 3 rings (SSSR count). The van der Waals surface area contributed by atoms with Crippen LogP contribution in [0.25, 0.3) is 0 Å². The number of hydrogen-bond donors (Lipinski definition) is 2. The lowest BCUT2D eigenvalue weighted by atomic mass is 10.1. The number of halogens is 1. The summed E-state index contributed by atoms with van der Waals surface area (Å²) in [5.74, 6) is -0.606. The van der Waals surface area contributed by atoms with E-state index in [9.17, 15) is 17.6 Å². The summed E-state index contributed by atoms with van der Waals surface area (Å²) in [6.07, 6.45) is 0.0368. The largest absolute Gasteiger partial charge is 0.357 e. The minimum atomic E-state index is -4.35. The fourth-order valence-corrected chi connectivity index (χ4v) is 3.29. The monoisotopic (exact) mass is 414 g/mol. The molecule has 0 saturated carbocycles. The molecule has 3 aromatic rings. The fourth-order valence-electron chi connectivity index (χ4n) is 2.86. The third-order valence-corrected chi connectivity index (χ3v) is 4.65. The van der Waals surface area contributed by atoms with Crippen molar-refractivity contribution in [3.8, 4) is 0 Å². The highest BCUT2D eigenvalue weighted by Crippen LogP contribution is 2.20. The summed E-state index contributed by atoms with van der Waals surface area (Å²) in [7, 11) is -4.35. The molecule has 0 radical (unpaired) electrons. The first kappa shape index (κ1) is 20.5. The van der Waals surface area contributed by atoms with Crippen LogP contribution in [0.3, 0.4) is 0 Å². The maximum atomic E-state index is 13.5. The van der Waals surface area contributed by atoms with E-state index in [0.29, 0.717) is 11.3 Å². The van der Waals surface area contributed by atoms with Crippen LogP contribution in [0, 0.1) is 5.82 Å². The van der Waals surface area contributed by atoms with Gasteiger partial charge in [0.2, 0.25) is 5.91 Å². The molecule has 0 aliphatic rings. The molecule has 150 valence electrons. The summed E-state index contributed by atoms with van der Waals surface area (Å²) in [6, 6.07) is 21.3. The number of benzene rings is 3. The van der Waals surface area contributed by atoms with Crippen LogP contribution in [-0.4, -0.2) is 18.9 Å². The van der Waals surface area contributed by atoms with Crippen LogP contribution < -0.4 is 9.62 Å². The summed E-state index contributed by atoms with van der Waals surface area (Å²) >= 11 is 0. The predicted octanol–water partition coefficient (Wildman–Crippen LogP) is 3.82. The topological polar surface area (TPSA) is 86.7 Å². The zero-order valence-corrected chi connectivity index (χ0v) is 16.1. The van der Waals surface area contributed by atoms with Crippen molar-refractivity contribution >= 4 is 27.6 Å². The third kappa shape index (κ3) is 6.13. The number of nitrogens with one attached hydrogen (secondary N) is 1. The van der Waals surface area contributed by atoms with Crippen molar-refractivity contribution in [3.05, 3.63) is 95.8 Å². The van der Waals surface area contributed by atoms with Gasteiger partial charge >= 0.3 is 10.3 Å². The molecule has 0 aliphatic carbocycles. The number of amides is 1. The van der Waals surface area contributed by atoms with E-state index >= 15 is 0 Å². The Morgan fingerprint density at radius 2 is 1.62 bits per heavy atom. The molecular formula is C21H19FN2O4S. The highest BCUT2D eigenvalue weighted by atomic mass is 32.2. The molecule has 0 bridgehead atoms. The van der Waals surface area contributed by atoms with Gasteiger partial charge in [0.15, 0.2) is 0 Å². The SMILES string of the molecule is O=C(Cc1cccc(F)c1)N(Cc1ccc(NS(=O)(=O)O)cc1)c1ccccc1. The molecule has 0 aromatic heterocycles. The Hall–Kier alpha value is -3.23. The van der Waals surface area contributed by atoms with Crippen molar-refractivity contribution in [1.82, 2.24) is 0 Å². The smallest absolute Gasteiger partial charge is 0.308 e. The Morgan fingerprint density at radius 1 is 0.931 bits per heavy atom. The highest BCUT2D eigenvalue weighted by Gasteiger charge is 2.17. The van der Waals surface area contributed by atoms with E-state index in [1.165, 1.54) is 24.3 Å². The van der Waals surface area contributed by atoms with Gasteiger partial charge < -0.3 is 4.90 Å². The zero-order valence-electron chi connectivity index (χ0n) is 15.3.